The third kappa shape index (κ3) is 2.63. The fourth-order valence-corrected chi connectivity index (χ4v) is 5.18. The summed E-state index contributed by atoms with van der Waals surface area (Å²) in [6.45, 7) is 0. The van der Waals surface area contributed by atoms with E-state index in [9.17, 15) is 9.90 Å². The predicted molar refractivity (Wildman–Crippen MR) is 108 cm³/mol. The molecule has 2 fully saturated rings. The van der Waals surface area contributed by atoms with Gasteiger partial charge in [0.2, 0.25) is 5.60 Å². The SMILES string of the molecule is CN1C2CCC1CC(OC(=O)C1(O)c3ccccc3C=Cc3ccccc31)C2. The third-order valence-corrected chi connectivity index (χ3v) is 6.77. The topological polar surface area (TPSA) is 49.8 Å². The van der Waals surface area contributed by atoms with Crippen LogP contribution < -0.4 is 0 Å². The van der Waals surface area contributed by atoms with Gasteiger partial charge in [0.15, 0.2) is 0 Å². The zero-order valence-electron chi connectivity index (χ0n) is 16.0. The second-order valence-electron chi connectivity index (χ2n) is 8.27. The van der Waals surface area contributed by atoms with Gasteiger partial charge >= 0.3 is 5.97 Å². The van der Waals surface area contributed by atoms with Gasteiger partial charge < -0.3 is 14.7 Å². The second kappa shape index (κ2) is 6.57. The lowest BCUT2D eigenvalue weighted by molar-refractivity contribution is -0.171. The molecule has 0 aromatic heterocycles. The molecule has 144 valence electrons. The van der Waals surface area contributed by atoms with Crippen LogP contribution in [0.5, 0.6) is 0 Å². The summed E-state index contributed by atoms with van der Waals surface area (Å²) >= 11 is 0. The van der Waals surface area contributed by atoms with Crippen LogP contribution in [0, 0.1) is 0 Å². The number of esters is 1. The normalized spacial score (nSPS) is 27.6. The largest absolute Gasteiger partial charge is 0.460 e. The van der Waals surface area contributed by atoms with Gasteiger partial charge in [-0.05, 0) is 43.9 Å². The first-order valence-corrected chi connectivity index (χ1v) is 10.1. The molecule has 2 saturated heterocycles. The first-order chi connectivity index (χ1) is 13.6. The minimum Gasteiger partial charge on any atom is -0.460 e. The van der Waals surface area contributed by atoms with E-state index in [1.807, 2.05) is 60.7 Å². The highest BCUT2D eigenvalue weighted by Crippen LogP contribution is 2.41. The lowest BCUT2D eigenvalue weighted by Crippen LogP contribution is -2.46. The van der Waals surface area contributed by atoms with Gasteiger partial charge in [-0.15, -0.1) is 0 Å². The Kier molecular flexibility index (Phi) is 4.14. The number of ether oxygens (including phenoxy) is 1. The van der Waals surface area contributed by atoms with Gasteiger partial charge in [-0.3, -0.25) is 0 Å². The summed E-state index contributed by atoms with van der Waals surface area (Å²) < 4.78 is 5.99. The Morgan fingerprint density at radius 2 is 1.46 bits per heavy atom. The highest BCUT2D eigenvalue weighted by atomic mass is 16.6. The van der Waals surface area contributed by atoms with E-state index in [4.69, 9.17) is 4.74 Å². The number of hydrogen-bond donors (Lipinski definition) is 1. The van der Waals surface area contributed by atoms with Crippen molar-refractivity contribution in [3.8, 4) is 0 Å². The maximum Gasteiger partial charge on any atom is 0.348 e. The van der Waals surface area contributed by atoms with Crippen molar-refractivity contribution in [1.82, 2.24) is 4.90 Å². The van der Waals surface area contributed by atoms with E-state index in [1.165, 1.54) is 0 Å². The second-order valence-corrected chi connectivity index (χ2v) is 8.27. The molecule has 1 aliphatic carbocycles. The Morgan fingerprint density at radius 3 is 2.00 bits per heavy atom. The Bertz CT molecular complexity index is 887. The maximum atomic E-state index is 13.5. The van der Waals surface area contributed by atoms with Crippen molar-refractivity contribution in [1.29, 1.82) is 0 Å². The Labute approximate surface area is 165 Å². The van der Waals surface area contributed by atoms with E-state index in [0.717, 1.165) is 36.8 Å². The number of benzene rings is 2. The number of aliphatic hydroxyl groups is 1. The molecule has 2 unspecified atom stereocenters. The molecule has 5 rings (SSSR count). The van der Waals surface area contributed by atoms with Crippen LogP contribution in [0.1, 0.15) is 47.9 Å². The fraction of sp³-hybridized carbons (Fsp3) is 0.375. The number of nitrogens with zero attached hydrogens (tertiary/aromatic N) is 1. The molecule has 0 saturated carbocycles. The van der Waals surface area contributed by atoms with Crippen LogP contribution in [0.2, 0.25) is 0 Å². The molecule has 0 radical (unpaired) electrons. The van der Waals surface area contributed by atoms with Crippen molar-refractivity contribution in [2.45, 2.75) is 49.5 Å². The third-order valence-electron chi connectivity index (χ3n) is 6.77. The molecule has 4 heteroatoms. The minimum absolute atomic E-state index is 0.138. The van der Waals surface area contributed by atoms with Crippen LogP contribution in [0.25, 0.3) is 12.2 Å². The van der Waals surface area contributed by atoms with Crippen molar-refractivity contribution >= 4 is 18.1 Å². The Morgan fingerprint density at radius 1 is 0.964 bits per heavy atom. The Balaban J connectivity index is 1.53. The highest BCUT2D eigenvalue weighted by molar-refractivity contribution is 5.91. The zero-order chi connectivity index (χ0) is 19.3. The van der Waals surface area contributed by atoms with Gasteiger partial charge in [0.05, 0.1) is 0 Å². The lowest BCUT2D eigenvalue weighted by Gasteiger charge is -2.37. The average molecular weight is 375 g/mol. The van der Waals surface area contributed by atoms with Crippen molar-refractivity contribution < 1.29 is 14.6 Å². The van der Waals surface area contributed by atoms with Crippen molar-refractivity contribution in [2.75, 3.05) is 7.05 Å². The number of carbonyl (C=O) groups is 1. The molecule has 0 amide bonds. The van der Waals surface area contributed by atoms with Gasteiger partial charge in [-0.25, -0.2) is 4.79 Å². The molecule has 2 bridgehead atoms. The monoisotopic (exact) mass is 375 g/mol. The summed E-state index contributed by atoms with van der Waals surface area (Å²) in [5.41, 5.74) is 1.02. The van der Waals surface area contributed by atoms with Gasteiger partial charge in [0.25, 0.3) is 0 Å². The van der Waals surface area contributed by atoms with Crippen LogP contribution in [-0.2, 0) is 15.1 Å². The first kappa shape index (κ1) is 17.7. The van der Waals surface area contributed by atoms with Gasteiger partial charge in [-0.1, -0.05) is 60.7 Å². The quantitative estimate of drug-likeness (QED) is 0.816. The van der Waals surface area contributed by atoms with Crippen molar-refractivity contribution in [2.24, 2.45) is 0 Å². The van der Waals surface area contributed by atoms with E-state index in [-0.39, 0.29) is 6.10 Å². The van der Waals surface area contributed by atoms with Crippen LogP contribution in [0.15, 0.2) is 48.5 Å². The summed E-state index contributed by atoms with van der Waals surface area (Å²) in [7, 11) is 2.16. The van der Waals surface area contributed by atoms with Crippen LogP contribution in [0.3, 0.4) is 0 Å². The van der Waals surface area contributed by atoms with Gasteiger partial charge in [0, 0.05) is 23.2 Å². The van der Waals surface area contributed by atoms with E-state index in [1.54, 1.807) is 0 Å². The van der Waals surface area contributed by atoms with E-state index in [0.29, 0.717) is 23.2 Å². The summed E-state index contributed by atoms with van der Waals surface area (Å²) in [6.07, 6.45) is 7.78. The molecule has 2 aliphatic heterocycles. The lowest BCUT2D eigenvalue weighted by atomic mass is 9.83. The van der Waals surface area contributed by atoms with Gasteiger partial charge in [0.1, 0.15) is 6.10 Å². The molecule has 1 N–H and O–H groups in total. The first-order valence-electron chi connectivity index (χ1n) is 10.1. The summed E-state index contributed by atoms with van der Waals surface area (Å²) in [5.74, 6) is -0.565. The molecule has 2 heterocycles. The Hall–Kier alpha value is -2.43. The fourth-order valence-electron chi connectivity index (χ4n) is 5.18. The molecule has 2 atom stereocenters. The number of hydrogen-bond acceptors (Lipinski definition) is 4. The minimum atomic E-state index is -1.81. The van der Waals surface area contributed by atoms with Crippen molar-refractivity contribution in [3.05, 3.63) is 70.8 Å². The molecule has 4 nitrogen and oxygen atoms in total. The van der Waals surface area contributed by atoms with Crippen LogP contribution in [0.4, 0.5) is 0 Å². The zero-order valence-corrected chi connectivity index (χ0v) is 16.0. The number of fused-ring (bicyclic) bond motifs is 4. The van der Waals surface area contributed by atoms with Crippen LogP contribution >= 0.6 is 0 Å². The number of carbonyl (C=O) groups excluding carboxylic acids is 1. The molecule has 0 spiro atoms. The predicted octanol–water partition coefficient (Wildman–Crippen LogP) is 3.57. The number of rotatable bonds is 2. The molecular weight excluding hydrogens is 350 g/mol. The van der Waals surface area contributed by atoms with Gasteiger partial charge in [-0.2, -0.15) is 0 Å². The van der Waals surface area contributed by atoms with Crippen molar-refractivity contribution in [3.63, 3.8) is 0 Å². The average Bonchev–Trinajstić information content (AvgIpc) is 2.88. The molecule has 2 aromatic rings. The van der Waals surface area contributed by atoms with Crippen LogP contribution in [-0.4, -0.2) is 41.2 Å². The highest BCUT2D eigenvalue weighted by Gasteiger charge is 2.47. The van der Waals surface area contributed by atoms with E-state index < -0.39 is 11.6 Å². The standard InChI is InChI=1S/C24H25NO3/c1-25-18-12-13-19(25)15-20(14-18)28-23(26)24(27)21-8-4-2-6-16(21)10-11-17-7-3-5-9-22(17)24/h2-11,18-20,27H,12-15H2,1H3. The van der Waals surface area contributed by atoms with E-state index in [2.05, 4.69) is 11.9 Å². The number of piperidine rings is 1. The molecule has 3 aliphatic rings. The summed E-state index contributed by atoms with van der Waals surface area (Å²) in [5, 5.41) is 11.8. The summed E-state index contributed by atoms with van der Waals surface area (Å²) in [4.78, 5) is 15.9. The smallest absolute Gasteiger partial charge is 0.348 e. The maximum absolute atomic E-state index is 13.5. The summed E-state index contributed by atoms with van der Waals surface area (Å²) in [6, 6.07) is 16.0. The molecule has 28 heavy (non-hydrogen) atoms. The molecule has 2 aromatic carbocycles. The van der Waals surface area contributed by atoms with E-state index >= 15 is 0 Å². The molecular formula is C24H25NO3.